The van der Waals surface area contributed by atoms with E-state index in [0.29, 0.717) is 11.4 Å². The molecule has 5 nitrogen and oxygen atoms in total. The summed E-state index contributed by atoms with van der Waals surface area (Å²) in [4.78, 5) is 12.7. The number of nitrogens with one attached hydrogen (secondary N) is 1. The molecule has 0 spiro atoms. The summed E-state index contributed by atoms with van der Waals surface area (Å²) in [6, 6.07) is 12.1. The second-order valence-electron chi connectivity index (χ2n) is 6.56. The number of rotatable bonds is 6. The maximum atomic E-state index is 12.7. The molecule has 0 saturated heterocycles. The minimum absolute atomic E-state index is 0.372. The average Bonchev–Trinajstić information content (AvgIpc) is 2.57. The Morgan fingerprint density at radius 3 is 2.27 bits per heavy atom. The summed E-state index contributed by atoms with van der Waals surface area (Å²) in [7, 11) is -3.62. The first-order valence-corrected chi connectivity index (χ1v) is 10.4. The van der Waals surface area contributed by atoms with Crippen molar-refractivity contribution in [1.29, 1.82) is 0 Å². The third kappa shape index (κ3) is 4.64. The van der Waals surface area contributed by atoms with E-state index in [1.54, 1.807) is 19.1 Å². The summed E-state index contributed by atoms with van der Waals surface area (Å²) >= 11 is 0. The smallest absolute Gasteiger partial charge is 0.248 e. The highest BCUT2D eigenvalue weighted by Gasteiger charge is 2.29. The number of hydrogen-bond donors (Lipinski definition) is 1. The molecule has 0 aromatic heterocycles. The van der Waals surface area contributed by atoms with Crippen molar-refractivity contribution in [2.45, 2.75) is 40.2 Å². The third-order valence-corrected chi connectivity index (χ3v) is 5.58. The maximum absolute atomic E-state index is 12.7. The van der Waals surface area contributed by atoms with E-state index in [2.05, 4.69) is 5.32 Å². The standard InChI is InChI=1S/C20H26N2O3S/c1-6-17-9-11-18(12-10-17)22(26(5,24)25)16(4)20(23)21-19-13-14(2)7-8-15(19)3/h7-13,16H,6H2,1-5H3,(H,21,23)/t16-/m0/s1. The molecule has 0 unspecified atom stereocenters. The summed E-state index contributed by atoms with van der Waals surface area (Å²) < 4.78 is 25.9. The van der Waals surface area contributed by atoms with E-state index in [1.165, 1.54) is 0 Å². The van der Waals surface area contributed by atoms with Crippen molar-refractivity contribution in [3.05, 3.63) is 59.2 Å². The Bertz CT molecular complexity index is 890. The molecule has 6 heteroatoms. The third-order valence-electron chi connectivity index (χ3n) is 4.34. The Balaban J connectivity index is 2.32. The lowest BCUT2D eigenvalue weighted by Crippen LogP contribution is -2.45. The SMILES string of the molecule is CCc1ccc(N([C@@H](C)C(=O)Nc2cc(C)ccc2C)S(C)(=O)=O)cc1. The van der Waals surface area contributed by atoms with Crippen LogP contribution in [0.15, 0.2) is 42.5 Å². The van der Waals surface area contributed by atoms with Crippen LogP contribution in [-0.4, -0.2) is 26.6 Å². The number of anilines is 2. The molecule has 1 atom stereocenters. The van der Waals surface area contributed by atoms with Gasteiger partial charge in [-0.1, -0.05) is 31.2 Å². The molecule has 2 aromatic carbocycles. The highest BCUT2D eigenvalue weighted by molar-refractivity contribution is 7.92. The van der Waals surface area contributed by atoms with Crippen molar-refractivity contribution in [3.63, 3.8) is 0 Å². The monoisotopic (exact) mass is 374 g/mol. The Morgan fingerprint density at radius 1 is 1.12 bits per heavy atom. The van der Waals surface area contributed by atoms with E-state index in [1.807, 2.05) is 51.1 Å². The van der Waals surface area contributed by atoms with Gasteiger partial charge in [-0.05, 0) is 62.1 Å². The number of carbonyl (C=O) groups is 1. The van der Waals surface area contributed by atoms with Gasteiger partial charge < -0.3 is 5.32 Å². The minimum Gasteiger partial charge on any atom is -0.324 e. The Morgan fingerprint density at radius 2 is 1.73 bits per heavy atom. The van der Waals surface area contributed by atoms with Gasteiger partial charge >= 0.3 is 0 Å². The van der Waals surface area contributed by atoms with Gasteiger partial charge in [-0.25, -0.2) is 8.42 Å². The lowest BCUT2D eigenvalue weighted by Gasteiger charge is -2.28. The van der Waals surface area contributed by atoms with Crippen LogP contribution >= 0.6 is 0 Å². The van der Waals surface area contributed by atoms with Crippen LogP contribution in [0.3, 0.4) is 0 Å². The number of sulfonamides is 1. The van der Waals surface area contributed by atoms with Gasteiger partial charge in [0.05, 0.1) is 11.9 Å². The normalized spacial score (nSPS) is 12.5. The van der Waals surface area contributed by atoms with Gasteiger partial charge in [-0.15, -0.1) is 0 Å². The van der Waals surface area contributed by atoms with Crippen molar-refractivity contribution < 1.29 is 13.2 Å². The first kappa shape index (κ1) is 20.0. The molecule has 140 valence electrons. The van der Waals surface area contributed by atoms with E-state index in [0.717, 1.165) is 33.7 Å². The largest absolute Gasteiger partial charge is 0.324 e. The second kappa shape index (κ2) is 7.91. The molecule has 0 fully saturated rings. The van der Waals surface area contributed by atoms with Crippen molar-refractivity contribution in [2.24, 2.45) is 0 Å². The van der Waals surface area contributed by atoms with Gasteiger partial charge in [0.1, 0.15) is 6.04 Å². The average molecular weight is 375 g/mol. The first-order chi connectivity index (χ1) is 12.1. The Kier molecular flexibility index (Phi) is 6.08. The molecule has 0 aliphatic heterocycles. The van der Waals surface area contributed by atoms with Crippen LogP contribution in [0.25, 0.3) is 0 Å². The summed E-state index contributed by atoms with van der Waals surface area (Å²) in [5.74, 6) is -0.372. The lowest BCUT2D eigenvalue weighted by atomic mass is 10.1. The van der Waals surface area contributed by atoms with E-state index >= 15 is 0 Å². The second-order valence-corrected chi connectivity index (χ2v) is 8.42. The lowest BCUT2D eigenvalue weighted by molar-refractivity contribution is -0.116. The maximum Gasteiger partial charge on any atom is 0.248 e. The predicted molar refractivity (Wildman–Crippen MR) is 107 cm³/mol. The van der Waals surface area contributed by atoms with Crippen LogP contribution in [0.2, 0.25) is 0 Å². The molecular weight excluding hydrogens is 348 g/mol. The van der Waals surface area contributed by atoms with Crippen LogP contribution in [0.5, 0.6) is 0 Å². The van der Waals surface area contributed by atoms with E-state index < -0.39 is 16.1 Å². The number of amides is 1. The van der Waals surface area contributed by atoms with Crippen LogP contribution in [0, 0.1) is 13.8 Å². The zero-order chi connectivity index (χ0) is 19.5. The summed E-state index contributed by atoms with van der Waals surface area (Å²) in [6.07, 6.45) is 1.98. The highest BCUT2D eigenvalue weighted by Crippen LogP contribution is 2.23. The quantitative estimate of drug-likeness (QED) is 0.839. The fourth-order valence-electron chi connectivity index (χ4n) is 2.80. The molecule has 2 aromatic rings. The fourth-order valence-corrected chi connectivity index (χ4v) is 3.97. The van der Waals surface area contributed by atoms with E-state index in [9.17, 15) is 13.2 Å². The summed E-state index contributed by atoms with van der Waals surface area (Å²) in [5.41, 5.74) is 4.22. The number of nitrogens with zero attached hydrogens (tertiary/aromatic N) is 1. The number of benzene rings is 2. The molecule has 1 amide bonds. The first-order valence-electron chi connectivity index (χ1n) is 8.60. The highest BCUT2D eigenvalue weighted by atomic mass is 32.2. The van der Waals surface area contributed by atoms with Crippen molar-refractivity contribution >= 4 is 27.3 Å². The molecule has 26 heavy (non-hydrogen) atoms. The molecule has 0 radical (unpaired) electrons. The van der Waals surface area contributed by atoms with Crippen molar-refractivity contribution in [2.75, 3.05) is 15.9 Å². The number of hydrogen-bond acceptors (Lipinski definition) is 3. The van der Waals surface area contributed by atoms with Gasteiger partial charge in [0, 0.05) is 5.69 Å². The Hall–Kier alpha value is -2.34. The van der Waals surface area contributed by atoms with Crippen molar-refractivity contribution in [1.82, 2.24) is 0 Å². The molecule has 0 saturated carbocycles. The van der Waals surface area contributed by atoms with E-state index in [4.69, 9.17) is 0 Å². The fraction of sp³-hybridized carbons (Fsp3) is 0.350. The molecule has 0 aliphatic carbocycles. The number of carbonyl (C=O) groups excluding carboxylic acids is 1. The van der Waals surface area contributed by atoms with Gasteiger partial charge in [0.2, 0.25) is 15.9 Å². The summed E-state index contributed by atoms with van der Waals surface area (Å²) in [5, 5.41) is 2.85. The zero-order valence-electron chi connectivity index (χ0n) is 15.9. The molecule has 0 bridgehead atoms. The predicted octanol–water partition coefficient (Wildman–Crippen LogP) is 3.66. The van der Waals surface area contributed by atoms with Gasteiger partial charge in [-0.3, -0.25) is 9.10 Å². The summed E-state index contributed by atoms with van der Waals surface area (Å²) in [6.45, 7) is 7.47. The van der Waals surface area contributed by atoms with Gasteiger partial charge in [-0.2, -0.15) is 0 Å². The zero-order valence-corrected chi connectivity index (χ0v) is 16.7. The van der Waals surface area contributed by atoms with Gasteiger partial charge in [0.25, 0.3) is 0 Å². The minimum atomic E-state index is -3.62. The topological polar surface area (TPSA) is 66.5 Å². The molecule has 1 N–H and O–H groups in total. The number of aryl methyl sites for hydroxylation is 3. The van der Waals surface area contributed by atoms with Crippen LogP contribution in [0.1, 0.15) is 30.5 Å². The molecule has 2 rings (SSSR count). The van der Waals surface area contributed by atoms with E-state index in [-0.39, 0.29) is 5.91 Å². The van der Waals surface area contributed by atoms with Gasteiger partial charge in [0.15, 0.2) is 0 Å². The molecular formula is C20H26N2O3S. The molecule has 0 heterocycles. The van der Waals surface area contributed by atoms with Crippen molar-refractivity contribution in [3.8, 4) is 0 Å². The van der Waals surface area contributed by atoms with Crippen LogP contribution < -0.4 is 9.62 Å². The van der Waals surface area contributed by atoms with Crippen LogP contribution in [-0.2, 0) is 21.2 Å². The molecule has 0 aliphatic rings. The Labute approximate surface area is 156 Å². The van der Waals surface area contributed by atoms with Crippen LogP contribution in [0.4, 0.5) is 11.4 Å².